The molecule has 0 spiro atoms. The van der Waals surface area contributed by atoms with Crippen LogP contribution >= 0.6 is 12.2 Å². The first kappa shape index (κ1) is 14.8. The Morgan fingerprint density at radius 1 is 1.30 bits per heavy atom. The van der Waals surface area contributed by atoms with E-state index in [9.17, 15) is 0 Å². The topological polar surface area (TPSA) is 44.5 Å². The van der Waals surface area contributed by atoms with Gasteiger partial charge in [0.05, 0.1) is 22.7 Å². The van der Waals surface area contributed by atoms with Crippen LogP contribution in [0.4, 0.5) is 0 Å². The number of unbranched alkanes of at least 4 members (excludes halogenated alkanes) is 1. The first-order chi connectivity index (χ1) is 9.71. The quantitative estimate of drug-likeness (QED) is 0.751. The van der Waals surface area contributed by atoms with Crippen LogP contribution in [0.3, 0.4) is 0 Å². The molecule has 3 nitrogen and oxygen atoms in total. The Kier molecular flexibility index (Phi) is 4.97. The zero-order valence-electron chi connectivity index (χ0n) is 12.1. The molecule has 1 atom stereocenters. The van der Waals surface area contributed by atoms with Gasteiger partial charge in [-0.15, -0.1) is 0 Å². The van der Waals surface area contributed by atoms with Gasteiger partial charge in [-0.25, -0.2) is 0 Å². The predicted molar refractivity (Wildman–Crippen MR) is 85.3 cm³/mol. The van der Waals surface area contributed by atoms with E-state index >= 15 is 0 Å². The van der Waals surface area contributed by atoms with Crippen molar-refractivity contribution in [1.82, 2.24) is 9.55 Å². The molecule has 0 saturated carbocycles. The van der Waals surface area contributed by atoms with Crippen LogP contribution in [0, 0.1) is 16.1 Å². The number of nitriles is 1. The molecular weight excluding hydrogens is 266 g/mol. The molecule has 1 heterocycles. The zero-order chi connectivity index (χ0) is 14.5. The number of aromatic amines is 1. The van der Waals surface area contributed by atoms with Crippen LogP contribution in [0.15, 0.2) is 18.2 Å². The maximum atomic E-state index is 9.08. The molecule has 0 aliphatic heterocycles. The second-order valence-corrected chi connectivity index (χ2v) is 5.62. The Morgan fingerprint density at radius 2 is 2.10 bits per heavy atom. The van der Waals surface area contributed by atoms with Crippen molar-refractivity contribution < 1.29 is 0 Å². The number of nitrogens with zero attached hydrogens (tertiary/aromatic N) is 2. The first-order valence-electron chi connectivity index (χ1n) is 7.35. The lowest BCUT2D eigenvalue weighted by atomic mass is 10.0. The molecule has 0 fully saturated rings. The fourth-order valence-electron chi connectivity index (χ4n) is 2.73. The van der Waals surface area contributed by atoms with Crippen LogP contribution in [0.5, 0.6) is 0 Å². The molecule has 0 aliphatic carbocycles. The molecule has 0 aliphatic rings. The van der Waals surface area contributed by atoms with Gasteiger partial charge < -0.3 is 9.55 Å². The normalized spacial score (nSPS) is 12.4. The van der Waals surface area contributed by atoms with Crippen LogP contribution in [-0.4, -0.2) is 9.55 Å². The molecule has 0 amide bonds. The lowest BCUT2D eigenvalue weighted by Gasteiger charge is -2.19. The van der Waals surface area contributed by atoms with E-state index in [0.717, 1.165) is 35.1 Å². The monoisotopic (exact) mass is 287 g/mol. The summed E-state index contributed by atoms with van der Waals surface area (Å²) >= 11 is 5.50. The smallest absolute Gasteiger partial charge is 0.178 e. The van der Waals surface area contributed by atoms with E-state index in [1.165, 1.54) is 12.8 Å². The van der Waals surface area contributed by atoms with E-state index in [1.807, 2.05) is 18.2 Å². The van der Waals surface area contributed by atoms with E-state index in [2.05, 4.69) is 29.5 Å². The van der Waals surface area contributed by atoms with Gasteiger partial charge in [0.25, 0.3) is 0 Å². The average Bonchev–Trinajstić information content (AvgIpc) is 2.78. The van der Waals surface area contributed by atoms with Crippen LogP contribution in [0.2, 0.25) is 0 Å². The third kappa shape index (κ3) is 2.94. The van der Waals surface area contributed by atoms with E-state index in [1.54, 1.807) is 0 Å². The van der Waals surface area contributed by atoms with Crippen LogP contribution in [0.25, 0.3) is 11.0 Å². The molecule has 0 radical (unpaired) electrons. The number of aromatic nitrogens is 2. The molecule has 1 aromatic carbocycles. The SMILES string of the molecule is CCCCC(CCC)n1c(=S)[nH]c2ccc(C#N)cc21. The number of benzene rings is 1. The molecule has 1 unspecified atom stereocenters. The minimum absolute atomic E-state index is 0.426. The Balaban J connectivity index is 2.52. The molecule has 1 aromatic heterocycles. The summed E-state index contributed by atoms with van der Waals surface area (Å²) in [5.41, 5.74) is 2.76. The number of hydrogen-bond acceptors (Lipinski definition) is 2. The van der Waals surface area contributed by atoms with Gasteiger partial charge in [0, 0.05) is 6.04 Å². The van der Waals surface area contributed by atoms with Gasteiger partial charge >= 0.3 is 0 Å². The average molecular weight is 287 g/mol. The van der Waals surface area contributed by atoms with E-state index in [-0.39, 0.29) is 0 Å². The fourth-order valence-corrected chi connectivity index (χ4v) is 3.09. The largest absolute Gasteiger partial charge is 0.331 e. The number of fused-ring (bicyclic) bond motifs is 1. The Morgan fingerprint density at radius 3 is 2.75 bits per heavy atom. The number of imidazole rings is 1. The summed E-state index contributed by atoms with van der Waals surface area (Å²) < 4.78 is 2.98. The molecule has 1 N–H and O–H groups in total. The van der Waals surface area contributed by atoms with Crippen molar-refractivity contribution in [3.05, 3.63) is 28.5 Å². The summed E-state index contributed by atoms with van der Waals surface area (Å²) in [7, 11) is 0. The van der Waals surface area contributed by atoms with E-state index in [0.29, 0.717) is 11.6 Å². The number of nitrogens with one attached hydrogen (secondary N) is 1. The minimum Gasteiger partial charge on any atom is -0.331 e. The molecule has 0 saturated heterocycles. The summed E-state index contributed by atoms with van der Waals surface area (Å²) in [6, 6.07) is 8.35. The van der Waals surface area contributed by atoms with Crippen molar-refractivity contribution >= 4 is 23.3 Å². The highest BCUT2D eigenvalue weighted by molar-refractivity contribution is 7.71. The van der Waals surface area contributed by atoms with Crippen LogP contribution < -0.4 is 0 Å². The lowest BCUT2D eigenvalue weighted by molar-refractivity contribution is 0.422. The Labute approximate surface area is 125 Å². The summed E-state index contributed by atoms with van der Waals surface area (Å²) in [6.45, 7) is 4.42. The van der Waals surface area contributed by atoms with Crippen molar-refractivity contribution in [1.29, 1.82) is 5.26 Å². The van der Waals surface area contributed by atoms with E-state index < -0.39 is 0 Å². The van der Waals surface area contributed by atoms with Gasteiger partial charge in [-0.3, -0.25) is 0 Å². The number of rotatable bonds is 6. The highest BCUT2D eigenvalue weighted by Gasteiger charge is 2.15. The van der Waals surface area contributed by atoms with Gasteiger partial charge in [-0.2, -0.15) is 5.26 Å². The predicted octanol–water partition coefficient (Wildman–Crippen LogP) is 5.10. The van der Waals surface area contributed by atoms with Gasteiger partial charge in [0.15, 0.2) is 4.77 Å². The summed E-state index contributed by atoms with van der Waals surface area (Å²) in [5.74, 6) is 0. The summed E-state index contributed by atoms with van der Waals surface area (Å²) in [6.07, 6.45) is 5.80. The zero-order valence-corrected chi connectivity index (χ0v) is 13.0. The third-order valence-electron chi connectivity index (χ3n) is 3.72. The second-order valence-electron chi connectivity index (χ2n) is 5.23. The second kappa shape index (κ2) is 6.71. The fraction of sp³-hybridized carbons (Fsp3) is 0.500. The lowest BCUT2D eigenvalue weighted by Crippen LogP contribution is -2.09. The van der Waals surface area contributed by atoms with Crippen molar-refractivity contribution in [2.24, 2.45) is 0 Å². The van der Waals surface area contributed by atoms with Gasteiger partial charge in [-0.1, -0.05) is 33.1 Å². The van der Waals surface area contributed by atoms with Crippen LogP contribution in [-0.2, 0) is 0 Å². The molecular formula is C16H21N3S. The highest BCUT2D eigenvalue weighted by atomic mass is 32.1. The highest BCUT2D eigenvalue weighted by Crippen LogP contribution is 2.27. The van der Waals surface area contributed by atoms with Crippen molar-refractivity contribution in [2.45, 2.75) is 52.0 Å². The maximum Gasteiger partial charge on any atom is 0.178 e. The van der Waals surface area contributed by atoms with Crippen molar-refractivity contribution in [3.63, 3.8) is 0 Å². The molecule has 2 aromatic rings. The maximum absolute atomic E-state index is 9.08. The molecule has 4 heteroatoms. The molecule has 0 bridgehead atoms. The molecule has 2 rings (SSSR count). The van der Waals surface area contributed by atoms with Gasteiger partial charge in [0.2, 0.25) is 0 Å². The van der Waals surface area contributed by atoms with Crippen LogP contribution in [0.1, 0.15) is 57.6 Å². The first-order valence-corrected chi connectivity index (χ1v) is 7.76. The van der Waals surface area contributed by atoms with Gasteiger partial charge in [-0.05, 0) is 43.3 Å². The van der Waals surface area contributed by atoms with Gasteiger partial charge in [0.1, 0.15) is 0 Å². The Bertz CT molecular complexity index is 675. The summed E-state index contributed by atoms with van der Waals surface area (Å²) in [4.78, 5) is 3.26. The van der Waals surface area contributed by atoms with E-state index in [4.69, 9.17) is 17.5 Å². The molecule has 106 valence electrons. The Hall–Kier alpha value is -1.60. The number of H-pyrrole nitrogens is 1. The standard InChI is InChI=1S/C16H21N3S/c1-3-5-7-13(6-4-2)19-15-10-12(11-17)8-9-14(15)18-16(19)20/h8-10,13H,3-7H2,1-2H3,(H,18,20). The third-order valence-corrected chi connectivity index (χ3v) is 4.02. The van der Waals surface area contributed by atoms with Crippen molar-refractivity contribution in [3.8, 4) is 6.07 Å². The summed E-state index contributed by atoms with van der Waals surface area (Å²) in [5, 5.41) is 9.08. The number of hydrogen-bond donors (Lipinski definition) is 1. The molecule has 20 heavy (non-hydrogen) atoms. The van der Waals surface area contributed by atoms with Crippen molar-refractivity contribution in [2.75, 3.05) is 0 Å². The minimum atomic E-state index is 0.426.